The summed E-state index contributed by atoms with van der Waals surface area (Å²) in [5, 5.41) is 7.02. The van der Waals surface area contributed by atoms with E-state index < -0.39 is 0 Å². The third kappa shape index (κ3) is 8.02. The minimum absolute atomic E-state index is 0. The van der Waals surface area contributed by atoms with Crippen LogP contribution >= 0.6 is 36.4 Å². The van der Waals surface area contributed by atoms with Gasteiger partial charge in [0.2, 0.25) is 0 Å². The van der Waals surface area contributed by atoms with Gasteiger partial charge in [-0.1, -0.05) is 11.6 Å². The quantitative estimate of drug-likeness (QED) is 0.709. The summed E-state index contributed by atoms with van der Waals surface area (Å²) >= 11 is 5.86. The standard InChI is InChI=1S/C18H26ClN3O3.2ClH/c19-14-1-3-16(4-2-14)24-12-10-22-8-5-15(6-9-22)21-18(23)17-13-20-7-11-25-17;;/h1-4,15,17,20H,5-13H2,(H,21,23);2*1H. The molecule has 1 amide bonds. The molecule has 3 rings (SSSR count). The highest BCUT2D eigenvalue weighted by Crippen LogP contribution is 2.16. The van der Waals surface area contributed by atoms with Crippen LogP contribution in [0.3, 0.4) is 0 Å². The molecule has 0 aromatic heterocycles. The Kier molecular flexibility index (Phi) is 11.4. The largest absolute Gasteiger partial charge is 0.492 e. The maximum Gasteiger partial charge on any atom is 0.250 e. The first-order chi connectivity index (χ1) is 12.2. The highest BCUT2D eigenvalue weighted by atomic mass is 35.5. The van der Waals surface area contributed by atoms with Crippen molar-refractivity contribution in [3.63, 3.8) is 0 Å². The predicted molar refractivity (Wildman–Crippen MR) is 112 cm³/mol. The number of halogens is 3. The number of amides is 1. The Bertz CT molecular complexity index is 549. The fourth-order valence-electron chi connectivity index (χ4n) is 3.15. The summed E-state index contributed by atoms with van der Waals surface area (Å²) in [6.45, 7) is 5.51. The Hall–Kier alpha value is -0.760. The molecule has 1 aromatic carbocycles. The molecular formula is C18H28Cl3N3O3. The van der Waals surface area contributed by atoms with Gasteiger partial charge in [-0.05, 0) is 37.1 Å². The summed E-state index contributed by atoms with van der Waals surface area (Å²) in [7, 11) is 0. The number of likely N-dealkylation sites (tertiary alicyclic amines) is 1. The number of nitrogens with zero attached hydrogens (tertiary/aromatic N) is 1. The molecular weight excluding hydrogens is 413 g/mol. The number of rotatable bonds is 6. The van der Waals surface area contributed by atoms with Crippen molar-refractivity contribution in [2.45, 2.75) is 25.0 Å². The molecule has 1 atom stereocenters. The number of piperidine rings is 1. The first kappa shape index (κ1) is 24.3. The molecule has 1 unspecified atom stereocenters. The van der Waals surface area contributed by atoms with E-state index in [4.69, 9.17) is 21.1 Å². The van der Waals surface area contributed by atoms with Crippen molar-refractivity contribution in [3.8, 4) is 5.75 Å². The van der Waals surface area contributed by atoms with Crippen molar-refractivity contribution in [1.82, 2.24) is 15.5 Å². The second kappa shape index (κ2) is 12.6. The van der Waals surface area contributed by atoms with Crippen LogP contribution in [0.2, 0.25) is 5.02 Å². The number of nitrogens with one attached hydrogen (secondary N) is 2. The lowest BCUT2D eigenvalue weighted by Gasteiger charge is -2.33. The summed E-state index contributed by atoms with van der Waals surface area (Å²) in [5.41, 5.74) is 0. The van der Waals surface area contributed by atoms with Crippen LogP contribution in [0.1, 0.15) is 12.8 Å². The number of carbonyl (C=O) groups excluding carboxylic acids is 1. The summed E-state index contributed by atoms with van der Waals surface area (Å²) in [4.78, 5) is 14.6. The highest BCUT2D eigenvalue weighted by Gasteiger charge is 2.26. The van der Waals surface area contributed by atoms with E-state index in [1.807, 2.05) is 24.3 Å². The predicted octanol–water partition coefficient (Wildman–Crippen LogP) is 2.13. The summed E-state index contributed by atoms with van der Waals surface area (Å²) in [6.07, 6.45) is 1.58. The number of morpholine rings is 1. The third-order valence-corrected chi connectivity index (χ3v) is 4.90. The highest BCUT2D eigenvalue weighted by molar-refractivity contribution is 6.30. The Morgan fingerprint density at radius 3 is 2.59 bits per heavy atom. The Morgan fingerprint density at radius 1 is 1.26 bits per heavy atom. The second-order valence-corrected chi connectivity index (χ2v) is 6.93. The smallest absolute Gasteiger partial charge is 0.250 e. The van der Waals surface area contributed by atoms with E-state index in [0.717, 1.165) is 44.8 Å². The van der Waals surface area contributed by atoms with Crippen LogP contribution in [-0.2, 0) is 9.53 Å². The third-order valence-electron chi connectivity index (χ3n) is 4.64. The van der Waals surface area contributed by atoms with Crippen LogP contribution in [0.4, 0.5) is 0 Å². The lowest BCUT2D eigenvalue weighted by atomic mass is 10.0. The summed E-state index contributed by atoms with van der Waals surface area (Å²) in [6, 6.07) is 7.66. The first-order valence-electron chi connectivity index (χ1n) is 8.94. The topological polar surface area (TPSA) is 62.8 Å². The van der Waals surface area contributed by atoms with Gasteiger partial charge in [0.15, 0.2) is 0 Å². The first-order valence-corrected chi connectivity index (χ1v) is 9.32. The number of hydrogen-bond acceptors (Lipinski definition) is 5. The molecule has 0 radical (unpaired) electrons. The van der Waals surface area contributed by atoms with Crippen molar-refractivity contribution in [2.75, 3.05) is 45.9 Å². The zero-order chi connectivity index (χ0) is 17.5. The van der Waals surface area contributed by atoms with Crippen molar-refractivity contribution in [1.29, 1.82) is 0 Å². The van der Waals surface area contributed by atoms with E-state index in [0.29, 0.717) is 24.8 Å². The molecule has 2 aliphatic rings. The molecule has 0 bridgehead atoms. The Labute approximate surface area is 178 Å². The molecule has 2 aliphatic heterocycles. The molecule has 2 heterocycles. The van der Waals surface area contributed by atoms with E-state index in [2.05, 4.69) is 15.5 Å². The minimum atomic E-state index is -0.348. The van der Waals surface area contributed by atoms with Gasteiger partial charge in [-0.25, -0.2) is 0 Å². The maximum absolute atomic E-state index is 12.2. The van der Waals surface area contributed by atoms with Crippen LogP contribution in [0, 0.1) is 0 Å². The lowest BCUT2D eigenvalue weighted by molar-refractivity contribution is -0.135. The van der Waals surface area contributed by atoms with Crippen LogP contribution in [0.5, 0.6) is 5.75 Å². The molecule has 2 saturated heterocycles. The van der Waals surface area contributed by atoms with Crippen LogP contribution < -0.4 is 15.4 Å². The van der Waals surface area contributed by atoms with E-state index in [9.17, 15) is 4.79 Å². The SMILES string of the molecule is Cl.Cl.O=C(NC1CCN(CCOc2ccc(Cl)cc2)CC1)C1CNCCO1. The van der Waals surface area contributed by atoms with Crippen molar-refractivity contribution >= 4 is 42.3 Å². The monoisotopic (exact) mass is 439 g/mol. The number of ether oxygens (including phenoxy) is 2. The van der Waals surface area contributed by atoms with Gasteiger partial charge in [-0.3, -0.25) is 9.69 Å². The average Bonchev–Trinajstić information content (AvgIpc) is 2.65. The molecule has 9 heteroatoms. The Morgan fingerprint density at radius 2 is 1.96 bits per heavy atom. The van der Waals surface area contributed by atoms with E-state index >= 15 is 0 Å². The summed E-state index contributed by atoms with van der Waals surface area (Å²) in [5.74, 6) is 0.851. The average molecular weight is 441 g/mol. The molecule has 154 valence electrons. The van der Waals surface area contributed by atoms with Crippen molar-refractivity contribution in [3.05, 3.63) is 29.3 Å². The van der Waals surface area contributed by atoms with E-state index in [1.165, 1.54) is 0 Å². The van der Waals surface area contributed by atoms with Gasteiger partial charge >= 0.3 is 0 Å². The van der Waals surface area contributed by atoms with Crippen LogP contribution in [0.25, 0.3) is 0 Å². The zero-order valence-corrected chi connectivity index (χ0v) is 17.6. The Balaban J connectivity index is 0.00000182. The maximum atomic E-state index is 12.2. The van der Waals surface area contributed by atoms with E-state index in [1.54, 1.807) is 0 Å². The molecule has 6 nitrogen and oxygen atoms in total. The molecule has 0 spiro atoms. The van der Waals surface area contributed by atoms with Gasteiger partial charge in [-0.2, -0.15) is 0 Å². The fraction of sp³-hybridized carbons (Fsp3) is 0.611. The van der Waals surface area contributed by atoms with Crippen molar-refractivity contribution in [2.24, 2.45) is 0 Å². The lowest BCUT2D eigenvalue weighted by Crippen LogP contribution is -2.52. The van der Waals surface area contributed by atoms with Crippen molar-refractivity contribution < 1.29 is 14.3 Å². The zero-order valence-electron chi connectivity index (χ0n) is 15.2. The number of benzene rings is 1. The van der Waals surface area contributed by atoms with Crippen LogP contribution in [0.15, 0.2) is 24.3 Å². The van der Waals surface area contributed by atoms with Gasteiger partial charge < -0.3 is 20.1 Å². The normalized spacial score (nSPS) is 20.9. The summed E-state index contributed by atoms with van der Waals surface area (Å²) < 4.78 is 11.2. The fourth-order valence-corrected chi connectivity index (χ4v) is 3.28. The molecule has 2 N–H and O–H groups in total. The van der Waals surface area contributed by atoms with Gasteiger partial charge in [0.1, 0.15) is 18.5 Å². The molecule has 0 saturated carbocycles. The minimum Gasteiger partial charge on any atom is -0.492 e. The molecule has 0 aliphatic carbocycles. The van der Waals surface area contributed by atoms with Gasteiger partial charge in [-0.15, -0.1) is 24.8 Å². The number of hydrogen-bond donors (Lipinski definition) is 2. The second-order valence-electron chi connectivity index (χ2n) is 6.49. The number of carbonyl (C=O) groups is 1. The van der Waals surface area contributed by atoms with Gasteiger partial charge in [0.05, 0.1) is 6.61 Å². The molecule has 1 aromatic rings. The molecule has 2 fully saturated rings. The van der Waals surface area contributed by atoms with Crippen LogP contribution in [-0.4, -0.2) is 68.9 Å². The van der Waals surface area contributed by atoms with Gasteiger partial charge in [0, 0.05) is 43.8 Å². The molecule has 27 heavy (non-hydrogen) atoms. The van der Waals surface area contributed by atoms with Gasteiger partial charge in [0.25, 0.3) is 5.91 Å². The van der Waals surface area contributed by atoms with E-state index in [-0.39, 0.29) is 42.9 Å².